The van der Waals surface area contributed by atoms with E-state index in [1.165, 1.54) is 7.11 Å². The molecule has 7 nitrogen and oxygen atoms in total. The highest BCUT2D eigenvalue weighted by Crippen LogP contribution is 2.33. The van der Waals surface area contributed by atoms with E-state index in [2.05, 4.69) is 4.57 Å². The minimum atomic E-state index is -0.480. The van der Waals surface area contributed by atoms with E-state index in [0.29, 0.717) is 6.54 Å². The molecule has 0 saturated heterocycles. The summed E-state index contributed by atoms with van der Waals surface area (Å²) < 4.78 is 12.4. The number of ether oxygens (including phenoxy) is 1. The van der Waals surface area contributed by atoms with Crippen molar-refractivity contribution in [1.82, 2.24) is 14.4 Å². The lowest BCUT2D eigenvalue weighted by atomic mass is 10.0. The molecule has 0 bridgehead atoms. The maximum absolute atomic E-state index is 13.3. The highest BCUT2D eigenvalue weighted by atomic mass is 16.5. The zero-order valence-electron chi connectivity index (χ0n) is 16.3. The van der Waals surface area contributed by atoms with Crippen LogP contribution in [0.3, 0.4) is 0 Å². The van der Waals surface area contributed by atoms with E-state index in [0.717, 1.165) is 17.8 Å². The number of carbonyl (C=O) groups is 2. The van der Waals surface area contributed by atoms with Gasteiger partial charge in [0.05, 0.1) is 12.5 Å². The van der Waals surface area contributed by atoms with Crippen LogP contribution in [0.1, 0.15) is 38.1 Å². The Balaban J connectivity index is 1.87. The molecule has 0 radical (unpaired) electrons. The first kappa shape index (κ1) is 19.2. The number of hydrogen-bond donors (Lipinski definition) is 0. The Labute approximate surface area is 159 Å². The van der Waals surface area contributed by atoms with Gasteiger partial charge >= 0.3 is 0 Å². The average molecular weight is 373 g/mol. The molecule has 2 aromatic rings. The first-order valence-corrected chi connectivity index (χ1v) is 9.09. The van der Waals surface area contributed by atoms with Crippen molar-refractivity contribution in [3.63, 3.8) is 0 Å². The van der Waals surface area contributed by atoms with Crippen LogP contribution in [0.4, 0.5) is 0 Å². The lowest BCUT2D eigenvalue weighted by Gasteiger charge is -2.40. The third-order valence-electron chi connectivity index (χ3n) is 4.89. The van der Waals surface area contributed by atoms with Crippen LogP contribution in [0.15, 0.2) is 41.3 Å². The summed E-state index contributed by atoms with van der Waals surface area (Å²) in [4.78, 5) is 29.2. The molecule has 0 aromatic carbocycles. The molecule has 2 amide bonds. The quantitative estimate of drug-likeness (QED) is 0.806. The zero-order valence-corrected chi connectivity index (χ0v) is 16.3. The topological polar surface area (TPSA) is 67.9 Å². The van der Waals surface area contributed by atoms with Gasteiger partial charge in [0, 0.05) is 43.2 Å². The Morgan fingerprint density at radius 3 is 2.70 bits per heavy atom. The molecule has 0 fully saturated rings. The van der Waals surface area contributed by atoms with Crippen molar-refractivity contribution < 1.29 is 18.7 Å². The third-order valence-corrected chi connectivity index (χ3v) is 4.89. The van der Waals surface area contributed by atoms with Crippen molar-refractivity contribution in [2.45, 2.75) is 38.9 Å². The van der Waals surface area contributed by atoms with E-state index < -0.39 is 5.54 Å². The number of aromatic nitrogens is 1. The largest absolute Gasteiger partial charge is 0.472 e. The minimum absolute atomic E-state index is 0.0146. The van der Waals surface area contributed by atoms with Crippen LogP contribution in [-0.4, -0.2) is 58.5 Å². The van der Waals surface area contributed by atoms with E-state index in [-0.39, 0.29) is 31.0 Å². The van der Waals surface area contributed by atoms with Gasteiger partial charge in [0.1, 0.15) is 19.2 Å². The van der Waals surface area contributed by atoms with Crippen molar-refractivity contribution in [2.75, 3.05) is 26.8 Å². The Morgan fingerprint density at radius 1 is 1.30 bits per heavy atom. The van der Waals surface area contributed by atoms with Gasteiger partial charge in [-0.3, -0.25) is 9.59 Å². The number of fused-ring (bicyclic) bond motifs is 1. The number of rotatable bonds is 5. The predicted molar refractivity (Wildman–Crippen MR) is 100 cm³/mol. The number of methoxy groups -OCH3 is 1. The fraction of sp³-hybridized carbons (Fsp3) is 0.500. The lowest BCUT2D eigenvalue weighted by molar-refractivity contribution is -0.148. The first-order chi connectivity index (χ1) is 12.8. The number of nitrogens with zero attached hydrogens (tertiary/aromatic N) is 3. The molecule has 1 atom stereocenters. The molecule has 0 N–H and O–H groups in total. The molecule has 2 aromatic heterocycles. The molecule has 1 aliphatic heterocycles. The van der Waals surface area contributed by atoms with Crippen LogP contribution >= 0.6 is 0 Å². The second-order valence-electron chi connectivity index (χ2n) is 7.76. The summed E-state index contributed by atoms with van der Waals surface area (Å²) in [6, 6.07) is 5.67. The molecular formula is C20H27N3O4. The maximum Gasteiger partial charge on any atom is 0.249 e. The van der Waals surface area contributed by atoms with Crippen LogP contribution in [0.2, 0.25) is 0 Å². The van der Waals surface area contributed by atoms with E-state index in [1.807, 2.05) is 50.1 Å². The zero-order chi connectivity index (χ0) is 19.6. The number of hydrogen-bond acceptors (Lipinski definition) is 4. The van der Waals surface area contributed by atoms with Crippen molar-refractivity contribution >= 4 is 11.8 Å². The lowest BCUT2D eigenvalue weighted by Crippen LogP contribution is -2.53. The number of amides is 2. The smallest absolute Gasteiger partial charge is 0.249 e. The number of furan rings is 1. The molecule has 0 spiro atoms. The predicted octanol–water partition coefficient (Wildman–Crippen LogP) is 2.29. The summed E-state index contributed by atoms with van der Waals surface area (Å²) in [5.74, 6) is -0.286. The Kier molecular flexibility index (Phi) is 5.41. The summed E-state index contributed by atoms with van der Waals surface area (Å²) >= 11 is 0. The van der Waals surface area contributed by atoms with Gasteiger partial charge in [-0.1, -0.05) is 0 Å². The van der Waals surface area contributed by atoms with E-state index >= 15 is 0 Å². The Bertz CT molecular complexity index is 789. The molecule has 3 heterocycles. The van der Waals surface area contributed by atoms with Gasteiger partial charge < -0.3 is 23.5 Å². The molecule has 0 aliphatic carbocycles. The second kappa shape index (κ2) is 7.60. The van der Waals surface area contributed by atoms with Crippen molar-refractivity contribution in [1.29, 1.82) is 0 Å². The molecule has 1 aliphatic rings. The van der Waals surface area contributed by atoms with Crippen LogP contribution in [-0.2, 0) is 20.9 Å². The molecule has 27 heavy (non-hydrogen) atoms. The molecular weight excluding hydrogens is 346 g/mol. The average Bonchev–Trinajstić information content (AvgIpc) is 3.28. The second-order valence-corrected chi connectivity index (χ2v) is 7.76. The van der Waals surface area contributed by atoms with Gasteiger partial charge in [-0.25, -0.2) is 0 Å². The van der Waals surface area contributed by atoms with Crippen LogP contribution in [0, 0.1) is 0 Å². The molecule has 7 heteroatoms. The SMILES string of the molecule is COCC(=O)N(CC(=O)N1CCn2cccc2C1c1ccoc1)C(C)(C)C. The van der Waals surface area contributed by atoms with Crippen LogP contribution in [0.5, 0.6) is 0 Å². The summed E-state index contributed by atoms with van der Waals surface area (Å²) in [6.07, 6.45) is 5.31. The highest BCUT2D eigenvalue weighted by Gasteiger charge is 2.36. The van der Waals surface area contributed by atoms with Gasteiger partial charge in [0.2, 0.25) is 11.8 Å². The van der Waals surface area contributed by atoms with E-state index in [9.17, 15) is 9.59 Å². The fourth-order valence-corrected chi connectivity index (χ4v) is 3.56. The molecule has 3 rings (SSSR count). The van der Waals surface area contributed by atoms with Crippen molar-refractivity contribution in [3.05, 3.63) is 48.2 Å². The summed E-state index contributed by atoms with van der Waals surface area (Å²) in [5.41, 5.74) is 1.49. The molecule has 146 valence electrons. The van der Waals surface area contributed by atoms with Crippen LogP contribution in [0.25, 0.3) is 0 Å². The van der Waals surface area contributed by atoms with Crippen molar-refractivity contribution in [3.8, 4) is 0 Å². The third kappa shape index (κ3) is 3.93. The number of carbonyl (C=O) groups excluding carboxylic acids is 2. The molecule has 1 unspecified atom stereocenters. The Hall–Kier alpha value is -2.54. The standard InChI is InChI=1S/C20H27N3O4/c1-20(2,3)23(18(25)14-26-4)12-17(24)22-10-9-21-8-5-6-16(21)19(22)15-7-11-27-13-15/h5-8,11,13,19H,9-10,12,14H2,1-4H3. The monoisotopic (exact) mass is 373 g/mol. The van der Waals surface area contributed by atoms with Crippen LogP contribution < -0.4 is 0 Å². The van der Waals surface area contributed by atoms with Gasteiger partial charge in [-0.05, 0) is 39.0 Å². The van der Waals surface area contributed by atoms with Gasteiger partial charge in [0.15, 0.2) is 0 Å². The summed E-state index contributed by atoms with van der Waals surface area (Å²) in [7, 11) is 1.48. The molecule has 0 saturated carbocycles. The van der Waals surface area contributed by atoms with Gasteiger partial charge in [-0.15, -0.1) is 0 Å². The first-order valence-electron chi connectivity index (χ1n) is 9.09. The fourth-order valence-electron chi connectivity index (χ4n) is 3.56. The maximum atomic E-state index is 13.3. The van der Waals surface area contributed by atoms with E-state index in [4.69, 9.17) is 9.15 Å². The summed E-state index contributed by atoms with van der Waals surface area (Å²) in [5, 5.41) is 0. The van der Waals surface area contributed by atoms with Gasteiger partial charge in [0.25, 0.3) is 0 Å². The highest BCUT2D eigenvalue weighted by molar-refractivity contribution is 5.86. The normalized spacial score (nSPS) is 16.9. The minimum Gasteiger partial charge on any atom is -0.472 e. The van der Waals surface area contributed by atoms with Crippen molar-refractivity contribution in [2.24, 2.45) is 0 Å². The summed E-state index contributed by atoms with van der Waals surface area (Å²) in [6.45, 7) is 7.03. The van der Waals surface area contributed by atoms with E-state index in [1.54, 1.807) is 17.4 Å². The Morgan fingerprint density at radius 2 is 2.07 bits per heavy atom. The van der Waals surface area contributed by atoms with Gasteiger partial charge in [-0.2, -0.15) is 0 Å².